The molecular formula is C21H21N3O3. The summed E-state index contributed by atoms with van der Waals surface area (Å²) in [5, 5.41) is 0.770. The molecule has 0 atom stereocenters. The first-order chi connectivity index (χ1) is 13.2. The fourth-order valence-electron chi connectivity index (χ4n) is 3.45. The lowest BCUT2D eigenvalue weighted by Crippen LogP contribution is -2.29. The number of nitrogens with two attached hydrogens (primary N) is 1. The lowest BCUT2D eigenvalue weighted by atomic mass is 10.1. The van der Waals surface area contributed by atoms with Crippen LogP contribution in [0.2, 0.25) is 0 Å². The largest absolute Gasteiger partial charge is 0.493 e. The summed E-state index contributed by atoms with van der Waals surface area (Å²) in [5.74, 6) is 1.77. The number of rotatable bonds is 3. The number of hydrogen-bond donors (Lipinski definition) is 1. The number of anilines is 1. The smallest absolute Gasteiger partial charge is 0.249 e. The van der Waals surface area contributed by atoms with Gasteiger partial charge in [-0.2, -0.15) is 0 Å². The SMILES string of the molecule is COc1cccc2c1OCCCN(c1cc(C(N)=O)c3ccccc3n1)C2. The molecule has 0 saturated heterocycles. The van der Waals surface area contributed by atoms with Crippen LogP contribution in [0.4, 0.5) is 5.82 Å². The van der Waals surface area contributed by atoms with Gasteiger partial charge >= 0.3 is 0 Å². The van der Waals surface area contributed by atoms with Crippen molar-refractivity contribution in [1.29, 1.82) is 0 Å². The molecule has 0 spiro atoms. The lowest BCUT2D eigenvalue weighted by molar-refractivity contribution is 0.100. The van der Waals surface area contributed by atoms with E-state index in [0.29, 0.717) is 18.7 Å². The summed E-state index contributed by atoms with van der Waals surface area (Å²) >= 11 is 0. The van der Waals surface area contributed by atoms with E-state index in [0.717, 1.165) is 46.7 Å². The molecule has 0 unspecified atom stereocenters. The van der Waals surface area contributed by atoms with Crippen molar-refractivity contribution in [2.24, 2.45) is 5.73 Å². The van der Waals surface area contributed by atoms with Gasteiger partial charge in [0.05, 0.1) is 24.8 Å². The van der Waals surface area contributed by atoms with Crippen LogP contribution in [0, 0.1) is 0 Å². The fourth-order valence-corrected chi connectivity index (χ4v) is 3.45. The highest BCUT2D eigenvalue weighted by molar-refractivity contribution is 6.06. The number of benzene rings is 2. The highest BCUT2D eigenvalue weighted by Crippen LogP contribution is 2.34. The summed E-state index contributed by atoms with van der Waals surface area (Å²) in [6.45, 7) is 1.95. The third kappa shape index (κ3) is 3.26. The number of hydrogen-bond acceptors (Lipinski definition) is 5. The number of aromatic nitrogens is 1. The minimum absolute atomic E-state index is 0.452. The van der Waals surface area contributed by atoms with Crippen LogP contribution in [-0.2, 0) is 6.54 Å². The number of carbonyl (C=O) groups excluding carboxylic acids is 1. The van der Waals surface area contributed by atoms with E-state index in [1.165, 1.54) is 0 Å². The van der Waals surface area contributed by atoms with Crippen LogP contribution >= 0.6 is 0 Å². The van der Waals surface area contributed by atoms with Crippen molar-refractivity contribution in [2.75, 3.05) is 25.2 Å². The number of para-hydroxylation sites is 2. The van der Waals surface area contributed by atoms with Crippen molar-refractivity contribution in [3.8, 4) is 11.5 Å². The second-order valence-corrected chi connectivity index (χ2v) is 6.48. The standard InChI is InChI=1S/C21H21N3O3/c1-26-18-9-4-6-14-13-24(10-5-11-27-20(14)18)19-12-16(21(22)25)15-7-2-3-8-17(15)23-19/h2-4,6-9,12H,5,10-11,13H2,1H3,(H2,22,25). The molecule has 1 aliphatic heterocycles. The van der Waals surface area contributed by atoms with Gasteiger partial charge in [0.2, 0.25) is 5.91 Å². The Morgan fingerprint density at radius 1 is 1.22 bits per heavy atom. The fraction of sp³-hybridized carbons (Fsp3) is 0.238. The van der Waals surface area contributed by atoms with Gasteiger partial charge in [0.1, 0.15) is 5.82 Å². The lowest BCUT2D eigenvalue weighted by Gasteiger charge is -2.28. The molecule has 3 aromatic rings. The maximum absolute atomic E-state index is 12.0. The van der Waals surface area contributed by atoms with E-state index in [1.807, 2.05) is 42.5 Å². The van der Waals surface area contributed by atoms with Gasteiger partial charge in [-0.25, -0.2) is 4.98 Å². The highest BCUT2D eigenvalue weighted by atomic mass is 16.5. The predicted molar refractivity (Wildman–Crippen MR) is 104 cm³/mol. The first-order valence-electron chi connectivity index (χ1n) is 8.90. The van der Waals surface area contributed by atoms with E-state index < -0.39 is 5.91 Å². The number of pyridine rings is 1. The summed E-state index contributed by atoms with van der Waals surface area (Å²) in [6, 6.07) is 15.2. The quantitative estimate of drug-likeness (QED) is 0.773. The molecule has 1 aromatic heterocycles. The molecule has 6 heteroatoms. The Labute approximate surface area is 157 Å². The molecule has 1 amide bonds. The molecule has 2 N–H and O–H groups in total. The van der Waals surface area contributed by atoms with Crippen LogP contribution in [0.1, 0.15) is 22.3 Å². The van der Waals surface area contributed by atoms with Crippen molar-refractivity contribution in [2.45, 2.75) is 13.0 Å². The van der Waals surface area contributed by atoms with Crippen molar-refractivity contribution in [3.05, 3.63) is 59.7 Å². The number of nitrogens with zero attached hydrogens (tertiary/aromatic N) is 2. The predicted octanol–water partition coefficient (Wildman–Crippen LogP) is 3.13. The molecule has 0 bridgehead atoms. The monoisotopic (exact) mass is 363 g/mol. The summed E-state index contributed by atoms with van der Waals surface area (Å²) in [7, 11) is 1.64. The van der Waals surface area contributed by atoms with Crippen molar-refractivity contribution >= 4 is 22.6 Å². The van der Waals surface area contributed by atoms with Crippen molar-refractivity contribution in [1.82, 2.24) is 4.98 Å². The van der Waals surface area contributed by atoms with Gasteiger partial charge < -0.3 is 20.1 Å². The molecule has 27 heavy (non-hydrogen) atoms. The highest BCUT2D eigenvalue weighted by Gasteiger charge is 2.20. The number of amides is 1. The second-order valence-electron chi connectivity index (χ2n) is 6.48. The van der Waals surface area contributed by atoms with Gasteiger partial charge in [0, 0.05) is 24.0 Å². The summed E-state index contributed by atoms with van der Waals surface area (Å²) < 4.78 is 11.4. The average molecular weight is 363 g/mol. The molecule has 2 heterocycles. The molecule has 1 aliphatic rings. The Kier molecular flexibility index (Phi) is 4.54. The van der Waals surface area contributed by atoms with E-state index in [4.69, 9.17) is 20.2 Å². The average Bonchev–Trinajstić information content (AvgIpc) is 2.67. The first-order valence-corrected chi connectivity index (χ1v) is 8.90. The van der Waals surface area contributed by atoms with E-state index >= 15 is 0 Å². The van der Waals surface area contributed by atoms with E-state index in [-0.39, 0.29) is 0 Å². The Morgan fingerprint density at radius 2 is 2.07 bits per heavy atom. The maximum atomic E-state index is 12.0. The normalized spacial score (nSPS) is 14.0. The Balaban J connectivity index is 1.79. The molecule has 4 rings (SSSR count). The number of carbonyl (C=O) groups is 1. The first kappa shape index (κ1) is 17.1. The number of fused-ring (bicyclic) bond motifs is 2. The molecule has 6 nitrogen and oxygen atoms in total. The van der Waals surface area contributed by atoms with Crippen molar-refractivity contribution < 1.29 is 14.3 Å². The van der Waals surface area contributed by atoms with Crippen LogP contribution in [0.15, 0.2) is 48.5 Å². The zero-order valence-electron chi connectivity index (χ0n) is 15.1. The Hall–Kier alpha value is -3.28. The minimum Gasteiger partial charge on any atom is -0.493 e. The Bertz CT molecular complexity index is 1000. The van der Waals surface area contributed by atoms with E-state index in [1.54, 1.807) is 13.2 Å². The van der Waals surface area contributed by atoms with E-state index in [9.17, 15) is 4.79 Å². The zero-order valence-corrected chi connectivity index (χ0v) is 15.1. The van der Waals surface area contributed by atoms with Gasteiger partial charge in [-0.3, -0.25) is 4.79 Å². The number of ether oxygens (including phenoxy) is 2. The zero-order chi connectivity index (χ0) is 18.8. The van der Waals surface area contributed by atoms with Gasteiger partial charge in [-0.1, -0.05) is 30.3 Å². The minimum atomic E-state index is -0.452. The van der Waals surface area contributed by atoms with Gasteiger partial charge in [-0.15, -0.1) is 0 Å². The third-order valence-corrected chi connectivity index (χ3v) is 4.75. The maximum Gasteiger partial charge on any atom is 0.249 e. The van der Waals surface area contributed by atoms with Gasteiger partial charge in [0.25, 0.3) is 0 Å². The second kappa shape index (κ2) is 7.15. The van der Waals surface area contributed by atoms with Gasteiger partial charge in [-0.05, 0) is 24.6 Å². The summed E-state index contributed by atoms with van der Waals surface area (Å²) in [4.78, 5) is 18.9. The van der Waals surface area contributed by atoms with Crippen LogP contribution < -0.4 is 20.1 Å². The summed E-state index contributed by atoms with van der Waals surface area (Å²) in [5.41, 5.74) is 7.89. The molecular weight excluding hydrogens is 342 g/mol. The van der Waals surface area contributed by atoms with Crippen LogP contribution in [0.25, 0.3) is 10.9 Å². The van der Waals surface area contributed by atoms with Crippen LogP contribution in [0.5, 0.6) is 11.5 Å². The van der Waals surface area contributed by atoms with Gasteiger partial charge in [0.15, 0.2) is 11.5 Å². The molecule has 0 saturated carbocycles. The van der Waals surface area contributed by atoms with Crippen LogP contribution in [-0.4, -0.2) is 31.2 Å². The Morgan fingerprint density at radius 3 is 2.89 bits per heavy atom. The van der Waals surface area contributed by atoms with E-state index in [2.05, 4.69) is 4.90 Å². The number of methoxy groups -OCH3 is 1. The number of primary amides is 1. The molecule has 138 valence electrons. The molecule has 2 aromatic carbocycles. The molecule has 0 radical (unpaired) electrons. The van der Waals surface area contributed by atoms with Crippen molar-refractivity contribution in [3.63, 3.8) is 0 Å². The molecule has 0 fully saturated rings. The summed E-state index contributed by atoms with van der Waals surface area (Å²) in [6.07, 6.45) is 0.831. The molecule has 0 aliphatic carbocycles. The topological polar surface area (TPSA) is 77.7 Å². The van der Waals surface area contributed by atoms with Crippen LogP contribution in [0.3, 0.4) is 0 Å². The third-order valence-electron chi connectivity index (χ3n) is 4.75.